The first kappa shape index (κ1) is 23.0. The Hall–Kier alpha value is -4.22. The Labute approximate surface area is 189 Å². The van der Waals surface area contributed by atoms with Gasteiger partial charge in [-0.05, 0) is 55.3 Å². The van der Waals surface area contributed by atoms with E-state index in [4.69, 9.17) is 0 Å². The first-order valence-corrected chi connectivity index (χ1v) is 10.1. The van der Waals surface area contributed by atoms with Gasteiger partial charge < -0.3 is 20.4 Å². The lowest BCUT2D eigenvalue weighted by Crippen LogP contribution is -2.40. The molecule has 0 bridgehead atoms. The van der Waals surface area contributed by atoms with Gasteiger partial charge in [0.1, 0.15) is 6.04 Å². The molecule has 12 heteroatoms. The van der Waals surface area contributed by atoms with E-state index in [0.29, 0.717) is 25.1 Å². The number of aromatic carboxylic acids is 1. The molecule has 9 nitrogen and oxygen atoms in total. The second kappa shape index (κ2) is 8.61. The van der Waals surface area contributed by atoms with Crippen LogP contribution in [0, 0.1) is 0 Å². The lowest BCUT2D eigenvalue weighted by Gasteiger charge is -2.21. The second-order valence-corrected chi connectivity index (χ2v) is 7.62. The highest BCUT2D eigenvalue weighted by Gasteiger charge is 2.34. The van der Waals surface area contributed by atoms with Crippen molar-refractivity contribution in [3.8, 4) is 0 Å². The van der Waals surface area contributed by atoms with Crippen LogP contribution in [0.2, 0.25) is 0 Å². The highest BCUT2D eigenvalue weighted by atomic mass is 19.4. The van der Waals surface area contributed by atoms with Gasteiger partial charge in [-0.15, -0.1) is 0 Å². The third-order valence-corrected chi connectivity index (χ3v) is 5.39. The smallest absolute Gasteiger partial charge is 0.416 e. The van der Waals surface area contributed by atoms with Gasteiger partial charge in [-0.25, -0.2) is 19.6 Å². The number of benzene rings is 2. The average molecular weight is 474 g/mol. The number of aliphatic carboxylic acids is 1. The summed E-state index contributed by atoms with van der Waals surface area (Å²) in [6.45, 7) is 0.334. The Morgan fingerprint density at radius 1 is 1.00 bits per heavy atom. The molecule has 1 amide bonds. The summed E-state index contributed by atoms with van der Waals surface area (Å²) in [6, 6.07) is 7.62. The fraction of sp³-hybridized carbons (Fsp3) is 0.227. The number of carbonyl (C=O) groups excluding carboxylic acids is 1. The molecular weight excluding hydrogens is 457 g/mol. The van der Waals surface area contributed by atoms with E-state index in [1.165, 1.54) is 29.2 Å². The van der Waals surface area contributed by atoms with Gasteiger partial charge in [-0.2, -0.15) is 13.2 Å². The Balaban J connectivity index is 1.60. The van der Waals surface area contributed by atoms with Crippen molar-refractivity contribution in [3.63, 3.8) is 0 Å². The van der Waals surface area contributed by atoms with Gasteiger partial charge in [-0.3, -0.25) is 4.79 Å². The van der Waals surface area contributed by atoms with E-state index in [1.807, 2.05) is 0 Å². The van der Waals surface area contributed by atoms with Crippen molar-refractivity contribution < 1.29 is 37.8 Å². The third kappa shape index (κ3) is 4.47. The van der Waals surface area contributed by atoms with Crippen LogP contribution in [0.5, 0.6) is 0 Å². The largest absolute Gasteiger partial charge is 0.480 e. The fourth-order valence-electron chi connectivity index (χ4n) is 3.73. The minimum Gasteiger partial charge on any atom is -0.480 e. The van der Waals surface area contributed by atoms with Gasteiger partial charge >= 0.3 is 18.1 Å². The number of likely N-dealkylation sites (tertiary alicyclic amines) is 1. The minimum atomic E-state index is -4.62. The van der Waals surface area contributed by atoms with Crippen LogP contribution in [0.4, 0.5) is 24.7 Å². The molecule has 2 aromatic carbocycles. The molecule has 3 aromatic rings. The second-order valence-electron chi connectivity index (χ2n) is 7.62. The number of carboxylic acids is 2. The van der Waals surface area contributed by atoms with Crippen molar-refractivity contribution in [2.24, 2.45) is 0 Å². The molecule has 0 radical (unpaired) electrons. The predicted octanol–water partition coefficient (Wildman–Crippen LogP) is 3.78. The van der Waals surface area contributed by atoms with Crippen molar-refractivity contribution in [2.75, 3.05) is 11.9 Å². The quantitative estimate of drug-likeness (QED) is 0.509. The number of halogens is 3. The molecule has 0 saturated carbocycles. The van der Waals surface area contributed by atoms with Crippen LogP contribution in [-0.4, -0.2) is 55.5 Å². The molecule has 0 spiro atoms. The number of carboxylic acid groups (broad SMARTS) is 2. The van der Waals surface area contributed by atoms with Crippen LogP contribution in [0.1, 0.15) is 39.3 Å². The standard InChI is InChI=1S/C22H17F3N4O5/c23-22(24,25)12-5-8-14-15(10-12)27-17(21(33)34)18(28-14)26-13-6-3-11(4-7-13)19(30)29-9-1-2-16(29)20(31)32/h3-8,10,16H,1-2,9H2,(H,26,28)(H,31,32)(H,33,34). The maximum absolute atomic E-state index is 13.0. The summed E-state index contributed by atoms with van der Waals surface area (Å²) in [5, 5.41) is 21.5. The zero-order valence-corrected chi connectivity index (χ0v) is 17.3. The summed E-state index contributed by atoms with van der Waals surface area (Å²) in [5.74, 6) is -3.18. The molecule has 1 unspecified atom stereocenters. The molecule has 2 heterocycles. The summed E-state index contributed by atoms with van der Waals surface area (Å²) in [6.07, 6.45) is -3.65. The molecule has 1 aliphatic heterocycles. The Morgan fingerprint density at radius 2 is 1.71 bits per heavy atom. The highest BCUT2D eigenvalue weighted by Crippen LogP contribution is 2.31. The molecule has 34 heavy (non-hydrogen) atoms. The topological polar surface area (TPSA) is 133 Å². The van der Waals surface area contributed by atoms with E-state index in [-0.39, 0.29) is 22.4 Å². The molecule has 4 rings (SSSR count). The van der Waals surface area contributed by atoms with Gasteiger partial charge in [-0.1, -0.05) is 0 Å². The van der Waals surface area contributed by atoms with Crippen molar-refractivity contribution in [3.05, 3.63) is 59.3 Å². The molecule has 1 atom stereocenters. The maximum Gasteiger partial charge on any atom is 0.416 e. The molecule has 1 aliphatic rings. The lowest BCUT2D eigenvalue weighted by molar-refractivity contribution is -0.141. The van der Waals surface area contributed by atoms with E-state index in [2.05, 4.69) is 15.3 Å². The molecular formula is C22H17F3N4O5. The molecule has 0 aliphatic carbocycles. The first-order valence-electron chi connectivity index (χ1n) is 10.1. The summed E-state index contributed by atoms with van der Waals surface area (Å²) >= 11 is 0. The molecule has 1 aromatic heterocycles. The van der Waals surface area contributed by atoms with E-state index < -0.39 is 41.3 Å². The van der Waals surface area contributed by atoms with Crippen molar-refractivity contribution in [2.45, 2.75) is 25.1 Å². The summed E-state index contributed by atoms with van der Waals surface area (Å²) < 4.78 is 38.9. The monoisotopic (exact) mass is 474 g/mol. The Bertz CT molecular complexity index is 1290. The number of carbonyl (C=O) groups is 3. The van der Waals surface area contributed by atoms with Crippen LogP contribution in [0.3, 0.4) is 0 Å². The van der Waals surface area contributed by atoms with Gasteiger partial charge in [0.05, 0.1) is 16.6 Å². The summed E-state index contributed by atoms with van der Waals surface area (Å²) in [7, 11) is 0. The molecule has 176 valence electrons. The number of fused-ring (bicyclic) bond motifs is 1. The maximum atomic E-state index is 13.0. The molecule has 3 N–H and O–H groups in total. The number of rotatable bonds is 5. The highest BCUT2D eigenvalue weighted by molar-refractivity contribution is 5.98. The van der Waals surface area contributed by atoms with E-state index in [1.54, 1.807) is 0 Å². The molecule has 1 fully saturated rings. The van der Waals surface area contributed by atoms with Gasteiger partial charge in [0.2, 0.25) is 0 Å². The van der Waals surface area contributed by atoms with Crippen molar-refractivity contribution in [1.29, 1.82) is 0 Å². The van der Waals surface area contributed by atoms with Crippen LogP contribution < -0.4 is 5.32 Å². The van der Waals surface area contributed by atoms with Crippen molar-refractivity contribution >= 4 is 40.4 Å². The van der Waals surface area contributed by atoms with Crippen molar-refractivity contribution in [1.82, 2.24) is 14.9 Å². The molecule has 1 saturated heterocycles. The van der Waals surface area contributed by atoms with Crippen LogP contribution in [-0.2, 0) is 11.0 Å². The third-order valence-electron chi connectivity index (χ3n) is 5.39. The Morgan fingerprint density at radius 3 is 2.32 bits per heavy atom. The van der Waals surface area contributed by atoms with Crippen LogP contribution in [0.25, 0.3) is 11.0 Å². The number of alkyl halides is 3. The lowest BCUT2D eigenvalue weighted by atomic mass is 10.1. The van der Waals surface area contributed by atoms with Gasteiger partial charge in [0.25, 0.3) is 5.91 Å². The number of hydrogen-bond acceptors (Lipinski definition) is 6. The number of aromatic nitrogens is 2. The number of nitrogens with one attached hydrogen (secondary N) is 1. The normalized spacial score (nSPS) is 16.0. The number of amides is 1. The van der Waals surface area contributed by atoms with Crippen LogP contribution in [0.15, 0.2) is 42.5 Å². The SMILES string of the molecule is O=C(O)c1nc2cc(C(F)(F)F)ccc2nc1Nc1ccc(C(=O)N2CCCC2C(=O)O)cc1. The predicted molar refractivity (Wildman–Crippen MR) is 113 cm³/mol. The minimum absolute atomic E-state index is 0.0565. The van der Waals surface area contributed by atoms with Gasteiger partial charge in [0.15, 0.2) is 11.5 Å². The van der Waals surface area contributed by atoms with E-state index in [0.717, 1.165) is 18.2 Å². The number of hydrogen-bond donors (Lipinski definition) is 3. The first-order chi connectivity index (χ1) is 16.0. The Kier molecular flexibility index (Phi) is 5.82. The average Bonchev–Trinajstić information content (AvgIpc) is 3.28. The van der Waals surface area contributed by atoms with Gasteiger partial charge in [0, 0.05) is 17.8 Å². The van der Waals surface area contributed by atoms with E-state index >= 15 is 0 Å². The number of nitrogens with zero attached hydrogens (tertiary/aromatic N) is 3. The van der Waals surface area contributed by atoms with E-state index in [9.17, 15) is 37.8 Å². The zero-order chi connectivity index (χ0) is 24.6. The zero-order valence-electron chi connectivity index (χ0n) is 17.3. The number of anilines is 2. The van der Waals surface area contributed by atoms with Crippen LogP contribution >= 0.6 is 0 Å². The fourth-order valence-corrected chi connectivity index (χ4v) is 3.73. The summed E-state index contributed by atoms with van der Waals surface area (Å²) in [5.41, 5.74) is -1.13. The summed E-state index contributed by atoms with van der Waals surface area (Å²) in [4.78, 5) is 44.9.